The molecule has 3 nitrogen and oxygen atoms in total. The summed E-state index contributed by atoms with van der Waals surface area (Å²) in [5.41, 5.74) is 1.72. The molecule has 0 amide bonds. The number of carboxylic acids is 1. The minimum absolute atomic E-state index is 0.387. The van der Waals surface area contributed by atoms with Gasteiger partial charge in [0.25, 0.3) is 0 Å². The van der Waals surface area contributed by atoms with E-state index in [1.54, 1.807) is 12.3 Å². The van der Waals surface area contributed by atoms with Crippen molar-refractivity contribution in [1.29, 1.82) is 0 Å². The number of pyridine rings is 1. The normalized spacial score (nSPS) is 12.4. The molecule has 14 heavy (non-hydrogen) atoms. The number of hydrogen-bond donors (Lipinski definition) is 1. The Bertz CT molecular complexity index is 323. The van der Waals surface area contributed by atoms with Gasteiger partial charge in [0.15, 0.2) is 0 Å². The van der Waals surface area contributed by atoms with Crippen molar-refractivity contribution in [2.75, 3.05) is 0 Å². The van der Waals surface area contributed by atoms with E-state index in [0.29, 0.717) is 6.42 Å². The van der Waals surface area contributed by atoms with E-state index in [1.807, 2.05) is 19.9 Å². The standard InChI is InChI=1S/C11H15NO2/c1-3-4-10(11(13)14)9-5-6-12-8(2)7-9/h5-7,10H,3-4H2,1-2H3,(H,13,14). The lowest BCUT2D eigenvalue weighted by Gasteiger charge is -2.11. The maximum Gasteiger partial charge on any atom is 0.310 e. The molecule has 1 rings (SSSR count). The van der Waals surface area contributed by atoms with Gasteiger partial charge >= 0.3 is 5.97 Å². The van der Waals surface area contributed by atoms with Crippen LogP contribution in [0.25, 0.3) is 0 Å². The van der Waals surface area contributed by atoms with Gasteiger partial charge in [-0.15, -0.1) is 0 Å². The molecule has 1 aromatic heterocycles. The van der Waals surface area contributed by atoms with Crippen molar-refractivity contribution in [2.45, 2.75) is 32.6 Å². The van der Waals surface area contributed by atoms with Crippen molar-refractivity contribution < 1.29 is 9.90 Å². The van der Waals surface area contributed by atoms with Crippen LogP contribution in [0.1, 0.15) is 36.9 Å². The van der Waals surface area contributed by atoms with Crippen molar-refractivity contribution in [3.8, 4) is 0 Å². The van der Waals surface area contributed by atoms with Gasteiger partial charge in [-0.05, 0) is 31.0 Å². The molecule has 1 heterocycles. The second-order valence-electron chi connectivity index (χ2n) is 3.41. The summed E-state index contributed by atoms with van der Waals surface area (Å²) in [5.74, 6) is -1.14. The molecule has 0 bridgehead atoms. The number of carboxylic acid groups (broad SMARTS) is 1. The van der Waals surface area contributed by atoms with Gasteiger partial charge in [-0.2, -0.15) is 0 Å². The SMILES string of the molecule is CCCC(C(=O)O)c1ccnc(C)c1. The molecule has 0 saturated heterocycles. The van der Waals surface area contributed by atoms with Crippen LogP contribution in [-0.4, -0.2) is 16.1 Å². The maximum atomic E-state index is 11.0. The fourth-order valence-corrected chi connectivity index (χ4v) is 1.51. The number of aromatic nitrogens is 1. The first kappa shape index (κ1) is 10.7. The highest BCUT2D eigenvalue weighted by molar-refractivity contribution is 5.75. The summed E-state index contributed by atoms with van der Waals surface area (Å²) in [6.07, 6.45) is 3.22. The van der Waals surface area contributed by atoms with Crippen LogP contribution in [0.3, 0.4) is 0 Å². The number of aryl methyl sites for hydroxylation is 1. The van der Waals surface area contributed by atoms with E-state index in [9.17, 15) is 4.79 Å². The van der Waals surface area contributed by atoms with E-state index < -0.39 is 5.97 Å². The zero-order valence-electron chi connectivity index (χ0n) is 8.53. The highest BCUT2D eigenvalue weighted by Gasteiger charge is 2.18. The summed E-state index contributed by atoms with van der Waals surface area (Å²) >= 11 is 0. The highest BCUT2D eigenvalue weighted by atomic mass is 16.4. The Labute approximate surface area is 83.8 Å². The Balaban J connectivity index is 2.93. The molecule has 1 N–H and O–H groups in total. The average Bonchev–Trinajstić information content (AvgIpc) is 2.13. The van der Waals surface area contributed by atoms with E-state index in [0.717, 1.165) is 17.7 Å². The minimum Gasteiger partial charge on any atom is -0.481 e. The molecule has 1 aromatic rings. The Hall–Kier alpha value is -1.38. The fraction of sp³-hybridized carbons (Fsp3) is 0.455. The van der Waals surface area contributed by atoms with Crippen LogP contribution >= 0.6 is 0 Å². The van der Waals surface area contributed by atoms with E-state index in [1.165, 1.54) is 0 Å². The van der Waals surface area contributed by atoms with Crippen LogP contribution in [0.5, 0.6) is 0 Å². The summed E-state index contributed by atoms with van der Waals surface area (Å²) in [5, 5.41) is 9.03. The Kier molecular flexibility index (Phi) is 3.63. The van der Waals surface area contributed by atoms with E-state index in [2.05, 4.69) is 4.98 Å². The molecular formula is C11H15NO2. The number of carbonyl (C=O) groups is 1. The van der Waals surface area contributed by atoms with Gasteiger partial charge in [-0.1, -0.05) is 13.3 Å². The smallest absolute Gasteiger partial charge is 0.310 e. The topological polar surface area (TPSA) is 50.2 Å². The zero-order valence-corrected chi connectivity index (χ0v) is 8.53. The molecule has 3 heteroatoms. The van der Waals surface area contributed by atoms with E-state index in [4.69, 9.17) is 5.11 Å². The monoisotopic (exact) mass is 193 g/mol. The van der Waals surface area contributed by atoms with Crippen molar-refractivity contribution in [1.82, 2.24) is 4.98 Å². The summed E-state index contributed by atoms with van der Waals surface area (Å²) in [7, 11) is 0. The minimum atomic E-state index is -0.752. The van der Waals surface area contributed by atoms with Crippen LogP contribution in [0.15, 0.2) is 18.3 Å². The molecule has 0 spiro atoms. The van der Waals surface area contributed by atoms with Crippen molar-refractivity contribution in [3.63, 3.8) is 0 Å². The second-order valence-corrected chi connectivity index (χ2v) is 3.41. The van der Waals surface area contributed by atoms with E-state index >= 15 is 0 Å². The maximum absolute atomic E-state index is 11.0. The molecule has 0 fully saturated rings. The quantitative estimate of drug-likeness (QED) is 0.798. The number of rotatable bonds is 4. The van der Waals surface area contributed by atoms with Crippen molar-refractivity contribution >= 4 is 5.97 Å². The number of aliphatic carboxylic acids is 1. The molecule has 0 aliphatic heterocycles. The van der Waals surface area contributed by atoms with Crippen molar-refractivity contribution in [2.24, 2.45) is 0 Å². The summed E-state index contributed by atoms with van der Waals surface area (Å²) in [4.78, 5) is 15.0. The van der Waals surface area contributed by atoms with Crippen molar-refractivity contribution in [3.05, 3.63) is 29.6 Å². The average molecular weight is 193 g/mol. The molecule has 0 radical (unpaired) electrons. The fourth-order valence-electron chi connectivity index (χ4n) is 1.51. The first-order valence-corrected chi connectivity index (χ1v) is 4.80. The molecular weight excluding hydrogens is 178 g/mol. The summed E-state index contributed by atoms with van der Waals surface area (Å²) < 4.78 is 0. The predicted molar refractivity (Wildman–Crippen MR) is 54.3 cm³/mol. The lowest BCUT2D eigenvalue weighted by Crippen LogP contribution is -2.11. The largest absolute Gasteiger partial charge is 0.481 e. The Morgan fingerprint density at radius 2 is 2.36 bits per heavy atom. The predicted octanol–water partition coefficient (Wildman–Crippen LogP) is 2.36. The molecule has 76 valence electrons. The molecule has 0 aromatic carbocycles. The van der Waals surface area contributed by atoms with Gasteiger partial charge in [0.05, 0.1) is 5.92 Å². The first-order valence-electron chi connectivity index (χ1n) is 4.80. The third-order valence-electron chi connectivity index (χ3n) is 2.20. The Morgan fingerprint density at radius 3 is 2.86 bits per heavy atom. The first-order chi connectivity index (χ1) is 6.65. The van der Waals surface area contributed by atoms with Gasteiger partial charge in [-0.3, -0.25) is 9.78 Å². The zero-order chi connectivity index (χ0) is 10.6. The van der Waals surface area contributed by atoms with Crippen LogP contribution in [-0.2, 0) is 4.79 Å². The second kappa shape index (κ2) is 4.74. The molecule has 1 unspecified atom stereocenters. The van der Waals surface area contributed by atoms with Gasteiger partial charge in [0, 0.05) is 11.9 Å². The molecule has 0 aliphatic rings. The molecule has 0 saturated carbocycles. The summed E-state index contributed by atoms with van der Waals surface area (Å²) in [6, 6.07) is 3.62. The van der Waals surface area contributed by atoms with Crippen LogP contribution < -0.4 is 0 Å². The number of nitrogens with zero attached hydrogens (tertiary/aromatic N) is 1. The van der Waals surface area contributed by atoms with Gasteiger partial charge in [-0.25, -0.2) is 0 Å². The van der Waals surface area contributed by atoms with Crippen LogP contribution in [0, 0.1) is 6.92 Å². The Morgan fingerprint density at radius 1 is 1.64 bits per heavy atom. The lowest BCUT2D eigenvalue weighted by atomic mass is 9.95. The van der Waals surface area contributed by atoms with Crippen LogP contribution in [0.2, 0.25) is 0 Å². The lowest BCUT2D eigenvalue weighted by molar-refractivity contribution is -0.139. The third-order valence-corrected chi connectivity index (χ3v) is 2.20. The molecule has 0 aliphatic carbocycles. The number of hydrogen-bond acceptors (Lipinski definition) is 2. The van der Waals surface area contributed by atoms with Gasteiger partial charge < -0.3 is 5.11 Å². The third kappa shape index (κ3) is 2.55. The van der Waals surface area contributed by atoms with Crippen LogP contribution in [0.4, 0.5) is 0 Å². The molecule has 1 atom stereocenters. The van der Waals surface area contributed by atoms with Gasteiger partial charge in [0.2, 0.25) is 0 Å². The summed E-state index contributed by atoms with van der Waals surface area (Å²) in [6.45, 7) is 3.86. The van der Waals surface area contributed by atoms with Gasteiger partial charge in [0.1, 0.15) is 0 Å². The van der Waals surface area contributed by atoms with E-state index in [-0.39, 0.29) is 5.92 Å². The highest BCUT2D eigenvalue weighted by Crippen LogP contribution is 2.21.